The predicted octanol–water partition coefficient (Wildman–Crippen LogP) is 3.48. The van der Waals surface area contributed by atoms with E-state index in [2.05, 4.69) is 31.8 Å². The number of phenolic OH excluding ortho intramolecular Hbond substituents is 1. The van der Waals surface area contributed by atoms with E-state index in [1.807, 2.05) is 30.3 Å². The lowest BCUT2D eigenvalue weighted by atomic mass is 10.2. The number of para-hydroxylation sites is 1. The summed E-state index contributed by atoms with van der Waals surface area (Å²) in [4.78, 5) is 0. The molecule has 0 unspecified atom stereocenters. The lowest BCUT2D eigenvalue weighted by Gasteiger charge is -2.06. The smallest absolute Gasteiger partial charge is 0.191 e. The summed E-state index contributed by atoms with van der Waals surface area (Å²) in [5, 5.41) is 16.9. The number of nitrogens with zero attached hydrogens (tertiary/aromatic N) is 1. The van der Waals surface area contributed by atoms with Gasteiger partial charge >= 0.3 is 0 Å². The molecule has 0 amide bonds. The van der Waals surface area contributed by atoms with Gasteiger partial charge < -0.3 is 10.4 Å². The number of halogens is 1. The summed E-state index contributed by atoms with van der Waals surface area (Å²) >= 11 is 8.47. The summed E-state index contributed by atoms with van der Waals surface area (Å²) < 4.78 is 1.000. The van der Waals surface area contributed by atoms with E-state index in [0.29, 0.717) is 10.7 Å². The molecular weight excluding hydrogens is 338 g/mol. The molecule has 2 aromatic carbocycles. The van der Waals surface area contributed by atoms with Gasteiger partial charge in [-0.2, -0.15) is 5.10 Å². The van der Waals surface area contributed by atoms with Crippen molar-refractivity contribution in [2.24, 2.45) is 5.10 Å². The highest BCUT2D eigenvalue weighted by Gasteiger charge is 1.97. The fourth-order valence-electron chi connectivity index (χ4n) is 1.45. The second kappa shape index (κ2) is 7.02. The zero-order valence-electron chi connectivity index (χ0n) is 10.4. The molecule has 0 saturated heterocycles. The maximum Gasteiger partial charge on any atom is 0.191 e. The van der Waals surface area contributed by atoms with Crippen LogP contribution in [0.1, 0.15) is 5.56 Å². The van der Waals surface area contributed by atoms with Crippen molar-refractivity contribution >= 4 is 45.2 Å². The molecule has 0 aromatic heterocycles. The number of phenols is 1. The van der Waals surface area contributed by atoms with Gasteiger partial charge in [0.25, 0.3) is 0 Å². The minimum absolute atomic E-state index is 0.171. The molecule has 4 nitrogen and oxygen atoms in total. The van der Waals surface area contributed by atoms with E-state index in [-0.39, 0.29) is 5.75 Å². The van der Waals surface area contributed by atoms with Crippen LogP contribution in [0.15, 0.2) is 58.1 Å². The summed E-state index contributed by atoms with van der Waals surface area (Å²) in [5.41, 5.74) is 4.17. The first kappa shape index (κ1) is 14.5. The molecule has 0 bridgehead atoms. The number of hydrazone groups is 1. The maximum atomic E-state index is 9.56. The second-order valence-corrected chi connectivity index (χ2v) is 5.21. The first-order valence-electron chi connectivity index (χ1n) is 5.79. The molecular formula is C14H12BrN3OS. The van der Waals surface area contributed by atoms with E-state index in [1.165, 1.54) is 6.21 Å². The standard InChI is InChI=1S/C14H12BrN3OS/c15-11-5-7-12(8-6-11)17-14(20)18-16-9-10-3-1-2-4-13(10)19/h1-9,19H,(H2,17,18,20). The maximum absolute atomic E-state index is 9.56. The number of hydrogen-bond acceptors (Lipinski definition) is 3. The van der Waals surface area contributed by atoms with Gasteiger partial charge in [0.2, 0.25) is 0 Å². The van der Waals surface area contributed by atoms with E-state index >= 15 is 0 Å². The van der Waals surface area contributed by atoms with Crippen LogP contribution in [-0.2, 0) is 0 Å². The van der Waals surface area contributed by atoms with Gasteiger partial charge in [0.1, 0.15) is 5.75 Å². The molecule has 2 rings (SSSR count). The van der Waals surface area contributed by atoms with Gasteiger partial charge in [-0.25, -0.2) is 0 Å². The molecule has 0 aliphatic carbocycles. The number of benzene rings is 2. The minimum atomic E-state index is 0.171. The highest BCUT2D eigenvalue weighted by molar-refractivity contribution is 9.10. The molecule has 0 spiro atoms. The Hall–Kier alpha value is -1.92. The number of hydrogen-bond donors (Lipinski definition) is 3. The van der Waals surface area contributed by atoms with Crippen LogP contribution in [0.3, 0.4) is 0 Å². The van der Waals surface area contributed by atoms with Crippen molar-refractivity contribution in [2.75, 3.05) is 5.32 Å². The molecule has 0 fully saturated rings. The summed E-state index contributed by atoms with van der Waals surface area (Å²) in [5.74, 6) is 0.171. The van der Waals surface area contributed by atoms with Gasteiger partial charge in [-0.15, -0.1) is 0 Å². The third kappa shape index (κ3) is 4.32. The molecule has 3 N–H and O–H groups in total. The summed E-state index contributed by atoms with van der Waals surface area (Å²) in [6.07, 6.45) is 1.50. The van der Waals surface area contributed by atoms with Crippen molar-refractivity contribution in [3.63, 3.8) is 0 Å². The van der Waals surface area contributed by atoms with Gasteiger partial charge in [-0.1, -0.05) is 28.1 Å². The topological polar surface area (TPSA) is 56.7 Å². The van der Waals surface area contributed by atoms with Crippen molar-refractivity contribution in [2.45, 2.75) is 0 Å². The van der Waals surface area contributed by atoms with Crippen LogP contribution >= 0.6 is 28.1 Å². The number of rotatable bonds is 3. The first-order chi connectivity index (χ1) is 9.65. The number of aromatic hydroxyl groups is 1. The zero-order valence-corrected chi connectivity index (χ0v) is 12.8. The Balaban J connectivity index is 1.89. The van der Waals surface area contributed by atoms with Gasteiger partial charge in [0, 0.05) is 15.7 Å². The predicted molar refractivity (Wildman–Crippen MR) is 89.2 cm³/mol. The number of anilines is 1. The van der Waals surface area contributed by atoms with E-state index in [9.17, 15) is 5.11 Å². The van der Waals surface area contributed by atoms with Crippen molar-refractivity contribution in [1.29, 1.82) is 0 Å². The van der Waals surface area contributed by atoms with E-state index < -0.39 is 0 Å². The average molecular weight is 350 g/mol. The van der Waals surface area contributed by atoms with Crippen LogP contribution in [0.25, 0.3) is 0 Å². The molecule has 0 saturated carbocycles. The van der Waals surface area contributed by atoms with Crippen molar-refractivity contribution < 1.29 is 5.11 Å². The Bertz CT molecular complexity index is 629. The fraction of sp³-hybridized carbons (Fsp3) is 0. The molecule has 0 aliphatic heterocycles. The fourth-order valence-corrected chi connectivity index (χ4v) is 1.88. The third-order valence-corrected chi connectivity index (χ3v) is 3.13. The Morgan fingerprint density at radius 1 is 1.15 bits per heavy atom. The van der Waals surface area contributed by atoms with Gasteiger partial charge in [0.05, 0.1) is 6.21 Å². The van der Waals surface area contributed by atoms with E-state index in [0.717, 1.165) is 10.2 Å². The van der Waals surface area contributed by atoms with Crippen molar-refractivity contribution in [1.82, 2.24) is 5.43 Å². The molecule has 2 aromatic rings. The summed E-state index contributed by atoms with van der Waals surface area (Å²) in [6, 6.07) is 14.5. The lowest BCUT2D eigenvalue weighted by Crippen LogP contribution is -2.23. The Labute approximate surface area is 130 Å². The molecule has 6 heteroatoms. The zero-order chi connectivity index (χ0) is 14.4. The van der Waals surface area contributed by atoms with E-state index in [4.69, 9.17) is 12.2 Å². The van der Waals surface area contributed by atoms with Gasteiger partial charge in [-0.3, -0.25) is 5.43 Å². The molecule has 20 heavy (non-hydrogen) atoms. The quantitative estimate of drug-likeness (QED) is 0.451. The van der Waals surface area contributed by atoms with Crippen LogP contribution < -0.4 is 10.7 Å². The van der Waals surface area contributed by atoms with E-state index in [1.54, 1.807) is 18.2 Å². The molecule has 0 atom stereocenters. The highest BCUT2D eigenvalue weighted by atomic mass is 79.9. The second-order valence-electron chi connectivity index (χ2n) is 3.89. The van der Waals surface area contributed by atoms with Gasteiger partial charge in [0.15, 0.2) is 5.11 Å². The van der Waals surface area contributed by atoms with Crippen molar-refractivity contribution in [3.8, 4) is 5.75 Å². The lowest BCUT2D eigenvalue weighted by molar-refractivity contribution is 0.474. The van der Waals surface area contributed by atoms with Crippen LogP contribution in [0, 0.1) is 0 Å². The first-order valence-corrected chi connectivity index (χ1v) is 6.99. The SMILES string of the molecule is Oc1ccccc1C=NNC(=S)Nc1ccc(Br)cc1. The average Bonchev–Trinajstić information content (AvgIpc) is 2.43. The molecule has 0 aliphatic rings. The number of nitrogens with one attached hydrogen (secondary N) is 2. The third-order valence-electron chi connectivity index (χ3n) is 2.41. The monoisotopic (exact) mass is 349 g/mol. The highest BCUT2D eigenvalue weighted by Crippen LogP contribution is 2.14. The molecule has 0 heterocycles. The Kier molecular flexibility index (Phi) is 5.09. The normalized spacial score (nSPS) is 10.4. The minimum Gasteiger partial charge on any atom is -0.507 e. The van der Waals surface area contributed by atoms with Crippen LogP contribution in [-0.4, -0.2) is 16.4 Å². The van der Waals surface area contributed by atoms with Crippen LogP contribution in [0.5, 0.6) is 5.75 Å². The largest absolute Gasteiger partial charge is 0.507 e. The van der Waals surface area contributed by atoms with Crippen LogP contribution in [0.2, 0.25) is 0 Å². The van der Waals surface area contributed by atoms with Crippen molar-refractivity contribution in [3.05, 3.63) is 58.6 Å². The Morgan fingerprint density at radius 2 is 1.85 bits per heavy atom. The molecule has 0 radical (unpaired) electrons. The summed E-state index contributed by atoms with van der Waals surface area (Å²) in [7, 11) is 0. The summed E-state index contributed by atoms with van der Waals surface area (Å²) in [6.45, 7) is 0. The Morgan fingerprint density at radius 3 is 2.55 bits per heavy atom. The van der Waals surface area contributed by atoms with Crippen LogP contribution in [0.4, 0.5) is 5.69 Å². The number of thiocarbonyl (C=S) groups is 1. The molecule has 102 valence electrons. The van der Waals surface area contributed by atoms with Gasteiger partial charge in [-0.05, 0) is 48.6 Å².